The van der Waals surface area contributed by atoms with Gasteiger partial charge in [0.1, 0.15) is 5.75 Å². The predicted octanol–water partition coefficient (Wildman–Crippen LogP) is 4.97. The van der Waals surface area contributed by atoms with Gasteiger partial charge in [-0.05, 0) is 53.1 Å². The average Bonchev–Trinajstić information content (AvgIpc) is 3.53. The van der Waals surface area contributed by atoms with Crippen molar-refractivity contribution < 1.29 is 37.3 Å². The summed E-state index contributed by atoms with van der Waals surface area (Å²) in [6.45, 7) is 0.386. The lowest BCUT2D eigenvalue weighted by Gasteiger charge is -2.31. The normalized spacial score (nSPS) is 17.5. The molecule has 11 heteroatoms. The van der Waals surface area contributed by atoms with Crippen LogP contribution in [-0.2, 0) is 28.8 Å². The van der Waals surface area contributed by atoms with Crippen LogP contribution in [0.3, 0.4) is 0 Å². The highest BCUT2D eigenvalue weighted by atomic mass is 32.2. The number of benzene rings is 4. The van der Waals surface area contributed by atoms with Crippen LogP contribution in [0.15, 0.2) is 119 Å². The van der Waals surface area contributed by atoms with Crippen molar-refractivity contribution in [3.8, 4) is 16.9 Å². The molecule has 0 aliphatic carbocycles. The molecule has 5 rings (SSSR count). The summed E-state index contributed by atoms with van der Waals surface area (Å²) in [7, 11) is -0.868. The Hall–Kier alpha value is -4.55. The third kappa shape index (κ3) is 8.11. The summed E-state index contributed by atoms with van der Waals surface area (Å²) in [4.78, 5) is 19.4. The van der Waals surface area contributed by atoms with Gasteiger partial charge in [0, 0.05) is 39.2 Å². The summed E-state index contributed by atoms with van der Waals surface area (Å²) in [6, 6.07) is 32.7. The fourth-order valence-corrected chi connectivity index (χ4v) is 6.87. The van der Waals surface area contributed by atoms with Crippen LogP contribution in [0.4, 0.5) is 0 Å². The Bertz CT molecular complexity index is 1760. The molecular weight excluding hydrogens is 632 g/mol. The molecule has 1 amide bonds. The van der Waals surface area contributed by atoms with E-state index >= 15 is 0 Å². The molecule has 48 heavy (non-hydrogen) atoms. The minimum atomic E-state index is -3.80. The highest BCUT2D eigenvalue weighted by Gasteiger charge is 2.53. The van der Waals surface area contributed by atoms with Gasteiger partial charge in [-0.25, -0.2) is 13.4 Å². The molecule has 10 nitrogen and oxygen atoms in total. The molecule has 2 N–H and O–H groups in total. The maximum absolute atomic E-state index is 14.4. The van der Waals surface area contributed by atoms with E-state index in [2.05, 4.69) is 5.32 Å². The predicted molar refractivity (Wildman–Crippen MR) is 183 cm³/mol. The van der Waals surface area contributed by atoms with Crippen LogP contribution in [0.5, 0.6) is 5.75 Å². The molecule has 0 bridgehead atoms. The summed E-state index contributed by atoms with van der Waals surface area (Å²) in [6.07, 6.45) is -1.37. The van der Waals surface area contributed by atoms with E-state index in [4.69, 9.17) is 29.0 Å². The van der Waals surface area contributed by atoms with Gasteiger partial charge in [0.2, 0.25) is 5.90 Å². The molecule has 0 spiro atoms. The Morgan fingerprint density at radius 3 is 2.10 bits per heavy atom. The summed E-state index contributed by atoms with van der Waals surface area (Å²) in [5, 5.41) is 12.0. The molecule has 0 radical (unpaired) electrons. The zero-order valence-electron chi connectivity index (χ0n) is 27.0. The van der Waals surface area contributed by atoms with E-state index in [-0.39, 0.29) is 36.1 Å². The number of hydrogen-bond donors (Lipinski definition) is 2. The topological polar surface area (TPSA) is 133 Å². The lowest BCUT2D eigenvalue weighted by atomic mass is 9.84. The Kier molecular flexibility index (Phi) is 11.6. The average molecular weight is 673 g/mol. The van der Waals surface area contributed by atoms with Gasteiger partial charge in [-0.15, -0.1) is 0 Å². The zero-order valence-corrected chi connectivity index (χ0v) is 27.8. The second kappa shape index (κ2) is 16.0. The smallest absolute Gasteiger partial charge is 0.252 e. The second-order valence-electron chi connectivity index (χ2n) is 11.3. The fourth-order valence-electron chi connectivity index (χ4n) is 5.48. The first-order valence-corrected chi connectivity index (χ1v) is 17.3. The van der Waals surface area contributed by atoms with E-state index in [0.29, 0.717) is 29.9 Å². The quantitative estimate of drug-likeness (QED) is 0.126. The van der Waals surface area contributed by atoms with Crippen LogP contribution in [0.25, 0.3) is 11.1 Å². The molecule has 4 aromatic carbocycles. The SMILES string of the molecule is COC(CNC(=O)[C@]1(CCS(=O)(=O)c2ccccc2)N=C(c2ccc(OCCCO)cc2)O[C@@H]1c1ccc(-c2ccccc2)cc1)OC. The number of ether oxygens (including phenoxy) is 4. The second-order valence-corrected chi connectivity index (χ2v) is 13.4. The number of nitrogens with one attached hydrogen (secondary N) is 1. The van der Waals surface area contributed by atoms with Gasteiger partial charge >= 0.3 is 0 Å². The lowest BCUT2D eigenvalue weighted by molar-refractivity contribution is -0.134. The maximum atomic E-state index is 14.4. The number of sulfone groups is 1. The Morgan fingerprint density at radius 2 is 1.48 bits per heavy atom. The summed E-state index contributed by atoms with van der Waals surface area (Å²) < 4.78 is 49.9. The molecule has 1 heterocycles. The third-order valence-electron chi connectivity index (χ3n) is 8.16. The van der Waals surface area contributed by atoms with Crippen molar-refractivity contribution in [2.24, 2.45) is 4.99 Å². The number of hydrogen-bond acceptors (Lipinski definition) is 9. The number of aliphatic hydroxyl groups is 1. The zero-order chi connectivity index (χ0) is 34.0. The molecule has 1 aliphatic heterocycles. The molecule has 2 atom stereocenters. The van der Waals surface area contributed by atoms with Crippen LogP contribution < -0.4 is 10.1 Å². The van der Waals surface area contributed by atoms with Crippen molar-refractivity contribution in [2.75, 3.05) is 39.7 Å². The number of rotatable bonds is 16. The number of amides is 1. The van der Waals surface area contributed by atoms with E-state index in [9.17, 15) is 13.2 Å². The number of methoxy groups -OCH3 is 2. The molecule has 0 fully saturated rings. The van der Waals surface area contributed by atoms with Crippen LogP contribution in [-0.4, -0.2) is 76.9 Å². The highest BCUT2D eigenvalue weighted by molar-refractivity contribution is 7.91. The monoisotopic (exact) mass is 672 g/mol. The van der Waals surface area contributed by atoms with Gasteiger partial charge < -0.3 is 29.4 Å². The van der Waals surface area contributed by atoms with E-state index in [1.165, 1.54) is 26.4 Å². The van der Waals surface area contributed by atoms with Gasteiger partial charge in [0.15, 0.2) is 27.8 Å². The molecule has 0 aromatic heterocycles. The number of nitrogens with zero attached hydrogens (tertiary/aromatic N) is 1. The molecule has 1 aliphatic rings. The number of carbonyl (C=O) groups is 1. The molecule has 0 saturated heterocycles. The van der Waals surface area contributed by atoms with Gasteiger partial charge in [0.25, 0.3) is 5.91 Å². The van der Waals surface area contributed by atoms with Crippen molar-refractivity contribution in [1.82, 2.24) is 5.32 Å². The standard InChI is InChI=1S/C37H40N2O8S/c1-44-33(45-2)26-38-36(41)37(22-25-48(42,43)32-12-7-4-8-13-32)34(29-16-14-28(15-17-29)27-10-5-3-6-11-27)47-35(39-37)30-18-20-31(21-19-30)46-24-9-23-40/h3-8,10-21,33-34,40H,9,22-26H2,1-2H3,(H,38,41)/t34-,37-/m1/s1. The van der Waals surface area contributed by atoms with Gasteiger partial charge in [-0.2, -0.15) is 0 Å². The molecule has 4 aromatic rings. The van der Waals surface area contributed by atoms with Crippen molar-refractivity contribution in [3.05, 3.63) is 120 Å². The van der Waals surface area contributed by atoms with Crippen molar-refractivity contribution >= 4 is 21.6 Å². The first-order valence-electron chi connectivity index (χ1n) is 15.7. The number of aliphatic imine (C=N–C) groups is 1. The van der Waals surface area contributed by atoms with E-state index in [1.54, 1.807) is 42.5 Å². The lowest BCUT2D eigenvalue weighted by Crippen LogP contribution is -2.51. The van der Waals surface area contributed by atoms with Crippen LogP contribution in [0.1, 0.15) is 30.1 Å². The van der Waals surface area contributed by atoms with E-state index < -0.39 is 33.7 Å². The van der Waals surface area contributed by atoms with Crippen LogP contribution >= 0.6 is 0 Å². The number of carbonyl (C=O) groups excluding carboxylic acids is 1. The minimum absolute atomic E-state index is 0.00339. The summed E-state index contributed by atoms with van der Waals surface area (Å²) in [5.41, 5.74) is 1.56. The molecule has 0 unspecified atom stereocenters. The highest BCUT2D eigenvalue weighted by Crippen LogP contribution is 2.43. The first-order chi connectivity index (χ1) is 23.3. The van der Waals surface area contributed by atoms with Gasteiger partial charge in [-0.3, -0.25) is 4.79 Å². The molecular formula is C37H40N2O8S. The largest absolute Gasteiger partial charge is 0.494 e. The van der Waals surface area contributed by atoms with Crippen molar-refractivity contribution in [3.63, 3.8) is 0 Å². The Labute approximate surface area is 281 Å². The maximum Gasteiger partial charge on any atom is 0.252 e. The van der Waals surface area contributed by atoms with Gasteiger partial charge in [0.05, 0.1) is 23.8 Å². The summed E-state index contributed by atoms with van der Waals surface area (Å²) >= 11 is 0. The third-order valence-corrected chi connectivity index (χ3v) is 9.89. The number of aliphatic hydroxyl groups excluding tert-OH is 1. The van der Waals surface area contributed by atoms with E-state index in [0.717, 1.165) is 11.1 Å². The van der Waals surface area contributed by atoms with Gasteiger partial charge in [-0.1, -0.05) is 72.8 Å². The molecule has 0 saturated carbocycles. The Morgan fingerprint density at radius 1 is 0.875 bits per heavy atom. The first kappa shape index (κ1) is 34.8. The van der Waals surface area contributed by atoms with Crippen LogP contribution in [0.2, 0.25) is 0 Å². The molecule has 252 valence electrons. The van der Waals surface area contributed by atoms with Crippen molar-refractivity contribution in [2.45, 2.75) is 35.7 Å². The van der Waals surface area contributed by atoms with E-state index in [1.807, 2.05) is 54.6 Å². The van der Waals surface area contributed by atoms with Crippen molar-refractivity contribution in [1.29, 1.82) is 0 Å². The summed E-state index contributed by atoms with van der Waals surface area (Å²) in [5.74, 6) is -0.0991. The van der Waals surface area contributed by atoms with Crippen LogP contribution in [0, 0.1) is 0 Å². The fraction of sp³-hybridized carbons (Fsp3) is 0.297. The Balaban J connectivity index is 1.56. The minimum Gasteiger partial charge on any atom is -0.494 e.